The van der Waals surface area contributed by atoms with Crippen LogP contribution < -0.4 is 22.3 Å². The van der Waals surface area contributed by atoms with Gasteiger partial charge in [-0.05, 0) is 24.8 Å². The second-order valence-electron chi connectivity index (χ2n) is 9.60. The lowest BCUT2D eigenvalue weighted by Gasteiger charge is -2.12. The van der Waals surface area contributed by atoms with E-state index in [1.165, 1.54) is 36.7 Å². The number of rotatable bonds is 15. The number of H-pyrrole nitrogens is 1. The van der Waals surface area contributed by atoms with E-state index >= 15 is 0 Å². The number of imidazole rings is 1. The van der Waals surface area contributed by atoms with Crippen molar-refractivity contribution in [1.29, 1.82) is 0 Å². The van der Waals surface area contributed by atoms with E-state index in [9.17, 15) is 14.4 Å². The van der Waals surface area contributed by atoms with Crippen molar-refractivity contribution in [1.82, 2.24) is 24.4 Å². The maximum Gasteiger partial charge on any atom is 0.329 e. The summed E-state index contributed by atoms with van der Waals surface area (Å²) in [6.45, 7) is 0.684. The molecule has 2 aromatic heterocycles. The zero-order valence-electron chi connectivity index (χ0n) is 21.6. The lowest BCUT2D eigenvalue weighted by Crippen LogP contribution is -2.42. The van der Waals surface area contributed by atoms with Gasteiger partial charge in [-0.25, -0.2) is 9.78 Å². The first kappa shape index (κ1) is 27.4. The van der Waals surface area contributed by atoms with Crippen LogP contribution in [0, 0.1) is 0 Å². The van der Waals surface area contributed by atoms with E-state index in [1.807, 2.05) is 37.4 Å². The number of fused-ring (bicyclic) bond motifs is 1. The molecule has 0 saturated carbocycles. The first-order chi connectivity index (χ1) is 17.4. The minimum absolute atomic E-state index is 0.0756. The molecule has 1 amide bonds. The maximum atomic E-state index is 12.1. The highest BCUT2D eigenvalue weighted by molar-refractivity contribution is 5.81. The number of carbonyl (C=O) groups is 1. The van der Waals surface area contributed by atoms with Crippen LogP contribution in [0.25, 0.3) is 11.2 Å². The number of amides is 1. The molecular formula is C27H40N6O3. The minimum atomic E-state index is -0.500. The van der Waals surface area contributed by atoms with Crippen LogP contribution in [0.5, 0.6) is 0 Å². The van der Waals surface area contributed by atoms with Crippen molar-refractivity contribution < 1.29 is 4.79 Å². The predicted octanol–water partition coefficient (Wildman–Crippen LogP) is 2.70. The van der Waals surface area contributed by atoms with Gasteiger partial charge in [0.15, 0.2) is 11.2 Å². The highest BCUT2D eigenvalue weighted by Crippen LogP contribution is 2.14. The number of aromatic nitrogens is 4. The Balaban J connectivity index is 1.20. The van der Waals surface area contributed by atoms with Crippen LogP contribution in [-0.2, 0) is 31.7 Å². The molecule has 3 rings (SSSR count). The third-order valence-corrected chi connectivity index (χ3v) is 6.74. The molecule has 1 aromatic carbocycles. The molecule has 0 aliphatic heterocycles. The summed E-state index contributed by atoms with van der Waals surface area (Å²) in [5.41, 5.74) is 7.15. The van der Waals surface area contributed by atoms with Crippen molar-refractivity contribution in [2.75, 3.05) is 6.54 Å². The van der Waals surface area contributed by atoms with Gasteiger partial charge in [0.05, 0.1) is 6.04 Å². The van der Waals surface area contributed by atoms with Gasteiger partial charge in [0, 0.05) is 27.1 Å². The molecule has 1 atom stereocenters. The van der Waals surface area contributed by atoms with Crippen molar-refractivity contribution in [3.63, 3.8) is 0 Å². The number of aromatic amines is 1. The molecule has 3 aromatic rings. The Bertz CT molecular complexity index is 1230. The molecule has 9 heteroatoms. The normalized spacial score (nSPS) is 12.2. The maximum absolute atomic E-state index is 12.1. The third-order valence-electron chi connectivity index (χ3n) is 6.74. The lowest BCUT2D eigenvalue weighted by molar-refractivity contribution is -0.122. The summed E-state index contributed by atoms with van der Waals surface area (Å²) in [5.74, 6) is 0.762. The van der Waals surface area contributed by atoms with Crippen LogP contribution in [0.1, 0.15) is 69.2 Å². The van der Waals surface area contributed by atoms with Gasteiger partial charge in [-0.1, -0.05) is 75.3 Å². The van der Waals surface area contributed by atoms with Crippen LogP contribution in [0.3, 0.4) is 0 Å². The van der Waals surface area contributed by atoms with Crippen LogP contribution >= 0.6 is 0 Å². The van der Waals surface area contributed by atoms with Crippen molar-refractivity contribution in [3.05, 3.63) is 62.6 Å². The number of nitrogens with two attached hydrogens (primary N) is 1. The molecule has 0 saturated heterocycles. The van der Waals surface area contributed by atoms with Gasteiger partial charge in [-0.3, -0.25) is 19.1 Å². The van der Waals surface area contributed by atoms with Crippen molar-refractivity contribution in [2.45, 2.75) is 76.7 Å². The molecular weight excluding hydrogens is 456 g/mol. The summed E-state index contributed by atoms with van der Waals surface area (Å²) >= 11 is 0. The highest BCUT2D eigenvalue weighted by atomic mass is 16.2. The molecule has 4 N–H and O–H groups in total. The molecule has 0 bridgehead atoms. The van der Waals surface area contributed by atoms with Gasteiger partial charge in [0.1, 0.15) is 5.82 Å². The Morgan fingerprint density at radius 3 is 2.22 bits per heavy atom. The average molecular weight is 497 g/mol. The number of hydrogen-bond acceptors (Lipinski definition) is 5. The summed E-state index contributed by atoms with van der Waals surface area (Å²) < 4.78 is 3.18. The van der Waals surface area contributed by atoms with E-state index in [-0.39, 0.29) is 11.5 Å². The number of unbranched alkanes of at least 4 members (excludes halogenated alkanes) is 8. The second kappa shape index (κ2) is 13.8. The molecule has 0 aliphatic carbocycles. The predicted molar refractivity (Wildman–Crippen MR) is 143 cm³/mol. The number of hydrogen-bond donors (Lipinski definition) is 3. The number of nitrogens with zero attached hydrogens (tertiary/aromatic N) is 3. The first-order valence-corrected chi connectivity index (χ1v) is 13.1. The van der Waals surface area contributed by atoms with Gasteiger partial charge in [-0.15, -0.1) is 0 Å². The molecule has 2 heterocycles. The smallest absolute Gasteiger partial charge is 0.329 e. The quantitative estimate of drug-likeness (QED) is 0.279. The largest absolute Gasteiger partial charge is 0.355 e. The van der Waals surface area contributed by atoms with Gasteiger partial charge < -0.3 is 15.6 Å². The number of carbonyl (C=O) groups excluding carboxylic acids is 1. The molecule has 0 aliphatic rings. The average Bonchev–Trinajstić information content (AvgIpc) is 3.20. The Labute approximate surface area is 212 Å². The molecule has 196 valence electrons. The van der Waals surface area contributed by atoms with E-state index in [4.69, 9.17) is 5.73 Å². The zero-order chi connectivity index (χ0) is 25.9. The second-order valence-corrected chi connectivity index (χ2v) is 9.60. The van der Waals surface area contributed by atoms with Crippen LogP contribution in [0.4, 0.5) is 0 Å². The molecule has 1 unspecified atom stereocenters. The standard InChI is InChI=1S/C27H40N6O3/c1-32-22(30-24-23(32)26(35)31-27(36)33(24)2)17-13-8-6-4-3-5-7-9-14-18-29-25(34)21(28)19-20-15-11-10-12-16-20/h10-12,15-16,21H,3-9,13-14,17-19,28H2,1-2H3,(H,29,34)(H,31,35,36). The SMILES string of the molecule is Cn1c(CCCCCCCCCCCNC(=O)C(N)Cc2ccccc2)nc2c1c(=O)[nH]c(=O)n2C. The number of nitrogens with one attached hydrogen (secondary N) is 2. The first-order valence-electron chi connectivity index (χ1n) is 13.1. The fourth-order valence-electron chi connectivity index (χ4n) is 4.53. The van der Waals surface area contributed by atoms with Crippen LogP contribution in [-0.4, -0.2) is 37.6 Å². The fraction of sp³-hybridized carbons (Fsp3) is 0.556. The molecule has 0 spiro atoms. The minimum Gasteiger partial charge on any atom is -0.355 e. The summed E-state index contributed by atoms with van der Waals surface area (Å²) in [7, 11) is 3.45. The Morgan fingerprint density at radius 1 is 0.944 bits per heavy atom. The molecule has 9 nitrogen and oxygen atoms in total. The van der Waals surface area contributed by atoms with Crippen molar-refractivity contribution >= 4 is 17.1 Å². The number of aryl methyl sites for hydroxylation is 3. The Kier molecular flexibility index (Phi) is 10.5. The third kappa shape index (κ3) is 7.65. The summed E-state index contributed by atoms with van der Waals surface area (Å²) in [5, 5.41) is 2.96. The molecule has 0 radical (unpaired) electrons. The van der Waals surface area contributed by atoms with Gasteiger partial charge in [0.25, 0.3) is 5.56 Å². The Hall–Kier alpha value is -3.20. The molecule has 0 fully saturated rings. The summed E-state index contributed by atoms with van der Waals surface area (Å²) in [6.07, 6.45) is 11.6. The highest BCUT2D eigenvalue weighted by Gasteiger charge is 2.15. The lowest BCUT2D eigenvalue weighted by atomic mass is 10.1. The van der Waals surface area contributed by atoms with E-state index in [0.717, 1.165) is 43.5 Å². The van der Waals surface area contributed by atoms with Gasteiger partial charge in [-0.2, -0.15) is 0 Å². The van der Waals surface area contributed by atoms with Crippen molar-refractivity contribution in [2.24, 2.45) is 19.8 Å². The number of benzene rings is 1. The van der Waals surface area contributed by atoms with Gasteiger partial charge >= 0.3 is 5.69 Å². The van der Waals surface area contributed by atoms with Crippen molar-refractivity contribution in [3.8, 4) is 0 Å². The monoisotopic (exact) mass is 496 g/mol. The van der Waals surface area contributed by atoms with E-state index < -0.39 is 11.7 Å². The van der Waals surface area contributed by atoms with Crippen LogP contribution in [0.15, 0.2) is 39.9 Å². The summed E-state index contributed by atoms with van der Waals surface area (Å²) in [4.78, 5) is 42.9. The topological polar surface area (TPSA) is 128 Å². The van der Waals surface area contributed by atoms with E-state index in [1.54, 1.807) is 11.6 Å². The van der Waals surface area contributed by atoms with Crippen LogP contribution in [0.2, 0.25) is 0 Å². The fourth-order valence-corrected chi connectivity index (χ4v) is 4.53. The summed E-state index contributed by atoms with van der Waals surface area (Å²) in [6, 6.07) is 9.35. The zero-order valence-corrected chi connectivity index (χ0v) is 21.6. The van der Waals surface area contributed by atoms with E-state index in [0.29, 0.717) is 24.1 Å². The molecule has 36 heavy (non-hydrogen) atoms. The van der Waals surface area contributed by atoms with Gasteiger partial charge in [0.2, 0.25) is 5.91 Å². The Morgan fingerprint density at radius 2 is 1.56 bits per heavy atom. The van der Waals surface area contributed by atoms with E-state index in [2.05, 4.69) is 15.3 Å².